The third-order valence-electron chi connectivity index (χ3n) is 3.45. The number of nitrogens with zero attached hydrogens (tertiary/aromatic N) is 4. The van der Waals surface area contributed by atoms with Crippen molar-refractivity contribution in [1.82, 2.24) is 29.9 Å². The van der Waals surface area contributed by atoms with Gasteiger partial charge in [0.1, 0.15) is 11.5 Å². The van der Waals surface area contributed by atoms with Crippen molar-refractivity contribution in [1.29, 1.82) is 0 Å². The maximum Gasteiger partial charge on any atom is 0.339 e. The molecule has 0 aliphatic rings. The van der Waals surface area contributed by atoms with E-state index in [9.17, 15) is 14.2 Å². The number of halogens is 8. The van der Waals surface area contributed by atoms with Crippen LogP contribution >= 0.6 is 133 Å². The lowest BCUT2D eigenvalue weighted by atomic mass is 10.3. The van der Waals surface area contributed by atoms with Crippen LogP contribution in [0.25, 0.3) is 0 Å². The molecule has 3 rings (SSSR count). The molecule has 0 aliphatic carbocycles. The lowest BCUT2D eigenvalue weighted by Gasteiger charge is -1.98. The molecule has 0 aromatic carbocycles. The molecule has 36 heavy (non-hydrogen) atoms. The van der Waals surface area contributed by atoms with E-state index in [1.807, 2.05) is 43.4 Å². The van der Waals surface area contributed by atoms with E-state index in [-0.39, 0.29) is 11.1 Å². The average Bonchev–Trinajstić information content (AvgIpc) is 2.83. The van der Waals surface area contributed by atoms with E-state index < -0.39 is 5.20 Å². The summed E-state index contributed by atoms with van der Waals surface area (Å²) in [4.78, 5) is 42.2. The van der Waals surface area contributed by atoms with Crippen LogP contribution in [0.15, 0.2) is 34.6 Å². The molecule has 3 aromatic rings. The van der Waals surface area contributed by atoms with Crippen molar-refractivity contribution < 1.29 is 4.57 Å². The van der Waals surface area contributed by atoms with E-state index >= 15 is 0 Å². The molecule has 3 aromatic heterocycles. The van der Waals surface area contributed by atoms with Crippen molar-refractivity contribution in [3.05, 3.63) is 75.1 Å². The average molecular weight is 1050 g/mol. The molecule has 0 saturated carbocycles. The van der Waals surface area contributed by atoms with Crippen LogP contribution in [-0.2, 0) is 23.8 Å². The Morgan fingerprint density at radius 3 is 1.72 bits per heavy atom. The number of aromatic amines is 2. The number of aromatic nitrogens is 6. The zero-order valence-corrected chi connectivity index (χ0v) is 31.5. The molecule has 0 unspecified atom stereocenters. The fourth-order valence-corrected chi connectivity index (χ4v) is 3.39. The van der Waals surface area contributed by atoms with Crippen LogP contribution in [-0.4, -0.2) is 29.9 Å². The highest BCUT2D eigenvalue weighted by Gasteiger charge is 2.03. The predicted octanol–water partition coefficient (Wildman–Crippen LogP) is 8.15. The number of aryl methyl sites for hydroxylation is 3. The zero-order valence-electron chi connectivity index (χ0n) is 18.9. The van der Waals surface area contributed by atoms with E-state index in [4.69, 9.17) is 11.6 Å². The number of H-pyrrole nitrogens is 2. The Hall–Kier alpha value is 1.15. The Balaban J connectivity index is 0. The molecule has 0 atom stereocenters. The van der Waals surface area contributed by atoms with Gasteiger partial charge in [0.05, 0.1) is 31.2 Å². The summed E-state index contributed by atoms with van der Waals surface area (Å²) in [5.41, 5.74) is 2.58. The van der Waals surface area contributed by atoms with Gasteiger partial charge in [-0.2, -0.15) is 0 Å². The first-order valence-corrected chi connectivity index (χ1v) is 22.8. The van der Waals surface area contributed by atoms with Gasteiger partial charge in [-0.05, 0) is 98.2 Å². The standard InChI is InChI=1S/C6H6ClIN2.C6H7IN2O.C6H8N2O.Cl3OP.I2/c1-2-4-5(8)6(7)10-3-9-4;1-2-4-5(7)6(10)9-3-8-4;1-2-5-3-6(9)8-4-7-5;1-5(2,3)4;1-2/h3H,2H2,1H3;3H,2H2,1H3,(H,8,9,10);3-4H,2H2,1H3,(H,7,8,9);;. The van der Waals surface area contributed by atoms with Crippen molar-refractivity contribution in [2.45, 2.75) is 40.0 Å². The van der Waals surface area contributed by atoms with E-state index in [0.29, 0.717) is 8.72 Å². The van der Waals surface area contributed by atoms with Gasteiger partial charge in [-0.1, -0.05) is 32.4 Å². The first kappa shape index (κ1) is 39.3. The third-order valence-corrected chi connectivity index (χ3v) is 6.31. The highest BCUT2D eigenvalue weighted by atomic mass is 128. The Bertz CT molecular complexity index is 1190. The van der Waals surface area contributed by atoms with Gasteiger partial charge < -0.3 is 9.97 Å². The molecule has 0 aliphatic heterocycles. The minimum Gasteiger partial charge on any atom is -0.313 e. The highest BCUT2D eigenvalue weighted by molar-refractivity contribution is 15.0. The Morgan fingerprint density at radius 1 is 0.833 bits per heavy atom. The van der Waals surface area contributed by atoms with Crippen LogP contribution < -0.4 is 11.1 Å². The second kappa shape index (κ2) is 22.9. The summed E-state index contributed by atoms with van der Waals surface area (Å²) >= 11 is 28.0. The maximum absolute atomic E-state index is 10.9. The maximum atomic E-state index is 10.9. The van der Waals surface area contributed by atoms with Gasteiger partial charge in [0.25, 0.3) is 11.1 Å². The van der Waals surface area contributed by atoms with Crippen molar-refractivity contribution in [2.24, 2.45) is 0 Å². The Morgan fingerprint density at radius 2 is 1.33 bits per heavy atom. The van der Waals surface area contributed by atoms with E-state index in [0.717, 1.165) is 39.9 Å². The molecule has 9 nitrogen and oxygen atoms in total. The summed E-state index contributed by atoms with van der Waals surface area (Å²) in [5, 5.41) is -2.67. The molecule has 0 bridgehead atoms. The lowest BCUT2D eigenvalue weighted by Crippen LogP contribution is -2.12. The van der Waals surface area contributed by atoms with Crippen LogP contribution in [0.1, 0.15) is 37.9 Å². The highest BCUT2D eigenvalue weighted by Crippen LogP contribution is 2.61. The van der Waals surface area contributed by atoms with Crippen molar-refractivity contribution in [3.63, 3.8) is 0 Å². The third kappa shape index (κ3) is 20.1. The normalized spacial score (nSPS) is 9.64. The number of rotatable bonds is 3. The van der Waals surface area contributed by atoms with Crippen LogP contribution in [0.4, 0.5) is 0 Å². The summed E-state index contributed by atoms with van der Waals surface area (Å²) in [6, 6.07) is 1.50. The van der Waals surface area contributed by atoms with Crippen LogP contribution in [0, 0.1) is 7.14 Å². The molecule has 18 heteroatoms. The first-order chi connectivity index (χ1) is 16.8. The van der Waals surface area contributed by atoms with Gasteiger partial charge in [-0.25, -0.2) is 19.9 Å². The fourth-order valence-electron chi connectivity index (χ4n) is 1.90. The first-order valence-electron chi connectivity index (χ1n) is 9.57. The number of hydrogen-bond acceptors (Lipinski definition) is 7. The minimum absolute atomic E-state index is 0.0487. The van der Waals surface area contributed by atoms with Gasteiger partial charge in [-0.15, -0.1) is 0 Å². The second-order valence-electron chi connectivity index (χ2n) is 5.78. The Kier molecular flexibility index (Phi) is 25.0. The summed E-state index contributed by atoms with van der Waals surface area (Å²) < 4.78 is 11.2. The summed E-state index contributed by atoms with van der Waals surface area (Å²) in [5.74, 6) is 0. The predicted molar refractivity (Wildman–Crippen MR) is 184 cm³/mol. The summed E-state index contributed by atoms with van der Waals surface area (Å²) in [6.45, 7) is 5.98. The molecule has 0 fully saturated rings. The van der Waals surface area contributed by atoms with E-state index in [1.165, 1.54) is 25.0 Å². The number of nitrogens with one attached hydrogen (secondary N) is 2. The zero-order chi connectivity index (χ0) is 28.3. The van der Waals surface area contributed by atoms with Crippen LogP contribution in [0.5, 0.6) is 0 Å². The van der Waals surface area contributed by atoms with Crippen LogP contribution in [0.3, 0.4) is 0 Å². The van der Waals surface area contributed by atoms with Crippen molar-refractivity contribution in [2.75, 3.05) is 0 Å². The van der Waals surface area contributed by atoms with Gasteiger partial charge in [0.2, 0.25) is 0 Å². The molecule has 2 N–H and O–H groups in total. The topological polar surface area (TPSA) is 134 Å². The molecule has 202 valence electrons. The van der Waals surface area contributed by atoms with Gasteiger partial charge >= 0.3 is 5.20 Å². The van der Waals surface area contributed by atoms with E-state index in [1.54, 1.807) is 0 Å². The van der Waals surface area contributed by atoms with Gasteiger partial charge in [0, 0.05) is 49.0 Å². The quantitative estimate of drug-likeness (QED) is 0.154. The SMILES string of the molecule is CCc1cc(=O)[nH]cn1.CCc1nc[nH]c(=O)c1I.CCc1ncnc(Cl)c1I.II.O=P(Cl)(Cl)Cl. The van der Waals surface area contributed by atoms with Crippen molar-refractivity contribution in [3.8, 4) is 0 Å². The van der Waals surface area contributed by atoms with Gasteiger partial charge in [-0.3, -0.25) is 14.2 Å². The van der Waals surface area contributed by atoms with Gasteiger partial charge in [0.15, 0.2) is 0 Å². The monoisotopic (exact) mass is 1050 g/mol. The Labute approximate surface area is 278 Å². The largest absolute Gasteiger partial charge is 0.339 e. The molecular formula is C18H21Cl4I4N6O3P. The lowest BCUT2D eigenvalue weighted by molar-refractivity contribution is 0.600. The van der Waals surface area contributed by atoms with Crippen molar-refractivity contribution >= 4 is 133 Å². The van der Waals surface area contributed by atoms with E-state index in [2.05, 4.69) is 123 Å². The molecule has 3 heterocycles. The number of hydrogen-bond donors (Lipinski definition) is 2. The summed E-state index contributed by atoms with van der Waals surface area (Å²) in [6.07, 6.45) is 6.86. The molecule has 0 radical (unpaired) electrons. The summed E-state index contributed by atoms with van der Waals surface area (Å²) in [7, 11) is 0. The molecule has 0 amide bonds. The second-order valence-corrected chi connectivity index (χ2v) is 14.9. The fraction of sp³-hybridized carbons (Fsp3) is 0.333. The smallest absolute Gasteiger partial charge is 0.313 e. The molecular weight excluding hydrogens is 1030 g/mol. The van der Waals surface area contributed by atoms with Crippen LogP contribution in [0.2, 0.25) is 5.15 Å². The minimum atomic E-state index is -3.22. The molecule has 0 spiro atoms. The molecule has 0 saturated heterocycles.